The fourth-order valence-corrected chi connectivity index (χ4v) is 2.19. The van der Waals surface area contributed by atoms with Gasteiger partial charge in [0.2, 0.25) is 0 Å². The summed E-state index contributed by atoms with van der Waals surface area (Å²) in [6, 6.07) is 12.4. The molecule has 20 heavy (non-hydrogen) atoms. The third kappa shape index (κ3) is 3.81. The predicted octanol–water partition coefficient (Wildman–Crippen LogP) is 3.64. The van der Waals surface area contributed by atoms with Crippen LogP contribution >= 0.6 is 0 Å². The van der Waals surface area contributed by atoms with Gasteiger partial charge in [-0.2, -0.15) is 0 Å². The van der Waals surface area contributed by atoms with Gasteiger partial charge >= 0.3 is 0 Å². The van der Waals surface area contributed by atoms with Gasteiger partial charge in [-0.1, -0.05) is 30.7 Å². The molecule has 0 spiro atoms. The summed E-state index contributed by atoms with van der Waals surface area (Å²) in [5, 5.41) is 3.43. The Balaban J connectivity index is 2.14. The molecule has 0 aliphatic rings. The van der Waals surface area contributed by atoms with E-state index in [0.29, 0.717) is 6.61 Å². The quantitative estimate of drug-likeness (QED) is 0.870. The molecular formula is C17H22N2O. The molecule has 3 nitrogen and oxygen atoms in total. The molecule has 0 bridgehead atoms. The van der Waals surface area contributed by atoms with E-state index in [1.54, 1.807) is 6.20 Å². The lowest BCUT2D eigenvalue weighted by Gasteiger charge is -2.18. The van der Waals surface area contributed by atoms with Crippen LogP contribution in [-0.2, 0) is 6.61 Å². The van der Waals surface area contributed by atoms with Gasteiger partial charge in [0.1, 0.15) is 12.4 Å². The summed E-state index contributed by atoms with van der Waals surface area (Å²) >= 11 is 0. The molecule has 1 aromatic carbocycles. The molecule has 1 atom stereocenters. The van der Waals surface area contributed by atoms with E-state index in [4.69, 9.17) is 4.74 Å². The van der Waals surface area contributed by atoms with Crippen LogP contribution < -0.4 is 10.1 Å². The second kappa shape index (κ2) is 7.06. The molecular weight excluding hydrogens is 248 g/mol. The van der Waals surface area contributed by atoms with Crippen molar-refractivity contribution in [2.24, 2.45) is 0 Å². The highest BCUT2D eigenvalue weighted by Crippen LogP contribution is 2.27. The molecule has 0 aliphatic carbocycles. The summed E-state index contributed by atoms with van der Waals surface area (Å²) in [5.41, 5.74) is 3.38. The van der Waals surface area contributed by atoms with Gasteiger partial charge < -0.3 is 10.1 Å². The van der Waals surface area contributed by atoms with Crippen LogP contribution in [0.5, 0.6) is 5.75 Å². The molecule has 1 heterocycles. The maximum absolute atomic E-state index is 5.94. The number of ether oxygens (including phenoxy) is 1. The molecule has 0 saturated heterocycles. The summed E-state index contributed by atoms with van der Waals surface area (Å²) < 4.78 is 5.94. The highest BCUT2D eigenvalue weighted by molar-refractivity contribution is 5.39. The molecule has 106 valence electrons. The molecule has 0 saturated carbocycles. The van der Waals surface area contributed by atoms with Crippen molar-refractivity contribution >= 4 is 0 Å². The smallest absolute Gasteiger partial charge is 0.130 e. The Kier molecular flexibility index (Phi) is 5.13. The lowest BCUT2D eigenvalue weighted by Crippen LogP contribution is -2.18. The molecule has 1 aromatic heterocycles. The molecule has 3 heteroatoms. The Morgan fingerprint density at radius 2 is 2.10 bits per heavy atom. The lowest BCUT2D eigenvalue weighted by molar-refractivity contribution is 0.295. The summed E-state index contributed by atoms with van der Waals surface area (Å²) in [6.45, 7) is 7.81. The van der Waals surface area contributed by atoms with Crippen LogP contribution in [0.2, 0.25) is 0 Å². The van der Waals surface area contributed by atoms with E-state index < -0.39 is 0 Å². The fourth-order valence-electron chi connectivity index (χ4n) is 2.19. The Morgan fingerprint density at radius 3 is 2.80 bits per heavy atom. The summed E-state index contributed by atoms with van der Waals surface area (Å²) in [6.07, 6.45) is 1.79. The summed E-state index contributed by atoms with van der Waals surface area (Å²) in [4.78, 5) is 4.28. The first-order valence-electron chi connectivity index (χ1n) is 7.07. The second-order valence-electron chi connectivity index (χ2n) is 4.93. The van der Waals surface area contributed by atoms with Gasteiger partial charge in [-0.3, -0.25) is 4.98 Å². The van der Waals surface area contributed by atoms with Crippen molar-refractivity contribution in [2.75, 3.05) is 6.54 Å². The molecule has 0 amide bonds. The number of pyridine rings is 1. The molecule has 2 aromatic rings. The topological polar surface area (TPSA) is 34.1 Å². The van der Waals surface area contributed by atoms with Crippen LogP contribution in [0, 0.1) is 6.92 Å². The van der Waals surface area contributed by atoms with Crippen LogP contribution in [0.1, 0.15) is 36.7 Å². The van der Waals surface area contributed by atoms with Gasteiger partial charge in [0, 0.05) is 17.8 Å². The molecule has 1 unspecified atom stereocenters. The van der Waals surface area contributed by atoms with E-state index >= 15 is 0 Å². The molecule has 0 radical (unpaired) electrons. The highest BCUT2D eigenvalue weighted by atomic mass is 16.5. The number of hydrogen-bond donors (Lipinski definition) is 1. The van der Waals surface area contributed by atoms with E-state index in [1.807, 2.05) is 24.3 Å². The third-order valence-corrected chi connectivity index (χ3v) is 3.24. The van der Waals surface area contributed by atoms with Crippen molar-refractivity contribution < 1.29 is 4.74 Å². The molecule has 2 rings (SSSR count). The van der Waals surface area contributed by atoms with Gasteiger partial charge in [0.25, 0.3) is 0 Å². The second-order valence-corrected chi connectivity index (χ2v) is 4.93. The van der Waals surface area contributed by atoms with Gasteiger partial charge in [0.05, 0.1) is 5.69 Å². The zero-order valence-corrected chi connectivity index (χ0v) is 12.4. The van der Waals surface area contributed by atoms with E-state index in [-0.39, 0.29) is 6.04 Å². The molecule has 0 aliphatic heterocycles. The van der Waals surface area contributed by atoms with Gasteiger partial charge in [0.15, 0.2) is 0 Å². The first-order chi connectivity index (χ1) is 9.70. The van der Waals surface area contributed by atoms with Crippen LogP contribution in [0.25, 0.3) is 0 Å². The fraction of sp³-hybridized carbons (Fsp3) is 0.353. The number of aryl methyl sites for hydroxylation is 1. The van der Waals surface area contributed by atoms with Crippen LogP contribution in [0.4, 0.5) is 0 Å². The van der Waals surface area contributed by atoms with E-state index in [9.17, 15) is 0 Å². The predicted molar refractivity (Wildman–Crippen MR) is 81.8 cm³/mol. The number of rotatable bonds is 6. The van der Waals surface area contributed by atoms with Crippen molar-refractivity contribution in [1.82, 2.24) is 10.3 Å². The maximum atomic E-state index is 5.94. The largest absolute Gasteiger partial charge is 0.487 e. The average molecular weight is 270 g/mol. The van der Waals surface area contributed by atoms with Crippen molar-refractivity contribution in [3.05, 3.63) is 59.4 Å². The maximum Gasteiger partial charge on any atom is 0.130 e. The number of hydrogen-bond acceptors (Lipinski definition) is 3. The minimum atomic E-state index is 0.277. The van der Waals surface area contributed by atoms with Crippen molar-refractivity contribution in [1.29, 1.82) is 0 Å². The van der Waals surface area contributed by atoms with Crippen molar-refractivity contribution in [3.63, 3.8) is 0 Å². The van der Waals surface area contributed by atoms with Crippen LogP contribution in [0.15, 0.2) is 42.6 Å². The van der Waals surface area contributed by atoms with Crippen LogP contribution in [-0.4, -0.2) is 11.5 Å². The average Bonchev–Trinajstić information content (AvgIpc) is 2.47. The Bertz CT molecular complexity index is 540. The minimum absolute atomic E-state index is 0.277. The zero-order valence-electron chi connectivity index (χ0n) is 12.4. The molecule has 0 fully saturated rings. The first-order valence-corrected chi connectivity index (χ1v) is 7.07. The van der Waals surface area contributed by atoms with E-state index in [0.717, 1.165) is 18.0 Å². The van der Waals surface area contributed by atoms with Gasteiger partial charge in [-0.15, -0.1) is 0 Å². The van der Waals surface area contributed by atoms with E-state index in [1.165, 1.54) is 11.1 Å². The Morgan fingerprint density at radius 1 is 1.25 bits per heavy atom. The highest BCUT2D eigenvalue weighted by Gasteiger charge is 2.11. The van der Waals surface area contributed by atoms with Crippen molar-refractivity contribution in [3.8, 4) is 5.75 Å². The number of aromatic nitrogens is 1. The minimum Gasteiger partial charge on any atom is -0.487 e. The zero-order chi connectivity index (χ0) is 14.4. The van der Waals surface area contributed by atoms with Crippen molar-refractivity contribution in [2.45, 2.75) is 33.4 Å². The number of nitrogens with zero attached hydrogens (tertiary/aromatic N) is 1. The Hall–Kier alpha value is -1.87. The molecule has 1 N–H and O–H groups in total. The standard InChI is InChI=1S/C17H22N2O/c1-4-18-14(3)16-11-13(2)8-9-17(16)20-12-15-7-5-6-10-19-15/h5-11,14,18H,4,12H2,1-3H3. The summed E-state index contributed by atoms with van der Waals surface area (Å²) in [7, 11) is 0. The first kappa shape index (κ1) is 14.5. The third-order valence-electron chi connectivity index (χ3n) is 3.24. The monoisotopic (exact) mass is 270 g/mol. The SMILES string of the molecule is CCNC(C)c1cc(C)ccc1OCc1ccccn1. The Labute approximate surface area is 121 Å². The number of nitrogens with one attached hydrogen (secondary N) is 1. The van der Waals surface area contributed by atoms with Gasteiger partial charge in [-0.05, 0) is 38.6 Å². The number of benzene rings is 1. The van der Waals surface area contributed by atoms with E-state index in [2.05, 4.69) is 43.2 Å². The lowest BCUT2D eigenvalue weighted by atomic mass is 10.0. The van der Waals surface area contributed by atoms with Gasteiger partial charge in [-0.25, -0.2) is 0 Å². The normalized spacial score (nSPS) is 12.2. The van der Waals surface area contributed by atoms with Crippen LogP contribution in [0.3, 0.4) is 0 Å². The summed E-state index contributed by atoms with van der Waals surface area (Å²) in [5.74, 6) is 0.926.